The van der Waals surface area contributed by atoms with Crippen molar-refractivity contribution in [2.45, 2.75) is 20.3 Å². The largest absolute Gasteiger partial charge is 0.325 e. The molecule has 2 rings (SSSR count). The third-order valence-electron chi connectivity index (χ3n) is 3.54. The topological polar surface area (TPSA) is 49.4 Å². The monoisotopic (exact) mass is 364 g/mol. The Kier molecular flexibility index (Phi) is 6.23. The summed E-state index contributed by atoms with van der Waals surface area (Å²) in [4.78, 5) is 25.5. The normalized spacial score (nSPS) is 10.3. The van der Waals surface area contributed by atoms with Crippen LogP contribution in [-0.4, -0.2) is 18.4 Å². The number of nitrogens with one attached hydrogen (secondary N) is 1. The van der Waals surface area contributed by atoms with Crippen molar-refractivity contribution in [3.05, 3.63) is 58.1 Å². The van der Waals surface area contributed by atoms with Crippen molar-refractivity contribution >= 4 is 46.4 Å². The number of anilines is 2. The van der Waals surface area contributed by atoms with E-state index in [0.29, 0.717) is 21.4 Å². The molecule has 4 nitrogen and oxygen atoms in total. The Labute approximate surface area is 151 Å². The molecule has 0 spiro atoms. The van der Waals surface area contributed by atoms with Crippen molar-refractivity contribution in [3.63, 3.8) is 0 Å². The second-order valence-corrected chi connectivity index (χ2v) is 6.12. The molecule has 0 saturated heterocycles. The predicted molar refractivity (Wildman–Crippen MR) is 98.9 cm³/mol. The van der Waals surface area contributed by atoms with E-state index in [1.165, 1.54) is 17.4 Å². The molecular weight excluding hydrogens is 347 g/mol. The predicted octanol–water partition coefficient (Wildman–Crippen LogP) is 4.55. The molecule has 126 valence electrons. The summed E-state index contributed by atoms with van der Waals surface area (Å²) in [7, 11) is 0. The number of benzene rings is 2. The van der Waals surface area contributed by atoms with E-state index in [9.17, 15) is 9.59 Å². The fourth-order valence-electron chi connectivity index (χ4n) is 2.21. The highest BCUT2D eigenvalue weighted by atomic mass is 35.5. The van der Waals surface area contributed by atoms with E-state index in [4.69, 9.17) is 23.2 Å². The van der Waals surface area contributed by atoms with Crippen LogP contribution in [0, 0.1) is 0 Å². The fourth-order valence-corrected chi connectivity index (χ4v) is 2.50. The van der Waals surface area contributed by atoms with Crippen LogP contribution in [0.5, 0.6) is 0 Å². The zero-order valence-electron chi connectivity index (χ0n) is 13.5. The summed E-state index contributed by atoms with van der Waals surface area (Å²) < 4.78 is 0. The van der Waals surface area contributed by atoms with Gasteiger partial charge in [0.1, 0.15) is 6.54 Å². The molecule has 2 amide bonds. The number of halogens is 2. The smallest absolute Gasteiger partial charge is 0.244 e. The van der Waals surface area contributed by atoms with Gasteiger partial charge >= 0.3 is 0 Å². The van der Waals surface area contributed by atoms with Gasteiger partial charge in [-0.3, -0.25) is 9.59 Å². The van der Waals surface area contributed by atoms with Crippen LogP contribution in [0.4, 0.5) is 11.4 Å². The second-order valence-electron chi connectivity index (χ2n) is 5.30. The first-order valence-electron chi connectivity index (χ1n) is 7.52. The molecule has 0 atom stereocenters. The molecule has 1 N–H and O–H groups in total. The van der Waals surface area contributed by atoms with Crippen LogP contribution in [0.25, 0.3) is 0 Å². The minimum Gasteiger partial charge on any atom is -0.325 e. The van der Waals surface area contributed by atoms with Crippen LogP contribution in [0.15, 0.2) is 42.5 Å². The van der Waals surface area contributed by atoms with E-state index < -0.39 is 0 Å². The standard InChI is InChI=1S/C18H18Cl2N2O2/c1-3-13-4-6-14(7-5-13)21-18(24)11-22(12(2)23)15-8-9-16(19)17(20)10-15/h4-10H,3,11H2,1-2H3,(H,21,24). The van der Waals surface area contributed by atoms with Crippen LogP contribution in [0.2, 0.25) is 10.0 Å². The van der Waals surface area contributed by atoms with Crippen molar-refractivity contribution in [2.24, 2.45) is 0 Å². The van der Waals surface area contributed by atoms with Gasteiger partial charge < -0.3 is 10.2 Å². The third kappa shape index (κ3) is 4.73. The van der Waals surface area contributed by atoms with Gasteiger partial charge in [0.25, 0.3) is 0 Å². The molecule has 0 saturated carbocycles. The molecule has 6 heteroatoms. The Morgan fingerprint density at radius 1 is 1.04 bits per heavy atom. The molecule has 2 aromatic rings. The first kappa shape index (κ1) is 18.3. The Bertz CT molecular complexity index is 745. The van der Waals surface area contributed by atoms with Gasteiger partial charge in [-0.15, -0.1) is 0 Å². The Hall–Kier alpha value is -2.04. The third-order valence-corrected chi connectivity index (χ3v) is 4.28. The molecule has 2 aromatic carbocycles. The summed E-state index contributed by atoms with van der Waals surface area (Å²) in [6.07, 6.45) is 0.934. The van der Waals surface area contributed by atoms with Crippen molar-refractivity contribution in [2.75, 3.05) is 16.8 Å². The number of hydrogen-bond acceptors (Lipinski definition) is 2. The van der Waals surface area contributed by atoms with E-state index in [1.54, 1.807) is 18.2 Å². The molecular formula is C18H18Cl2N2O2. The SMILES string of the molecule is CCc1ccc(NC(=O)CN(C(C)=O)c2ccc(Cl)c(Cl)c2)cc1. The molecule has 0 radical (unpaired) electrons. The lowest BCUT2D eigenvalue weighted by atomic mass is 10.1. The number of rotatable bonds is 5. The molecule has 0 heterocycles. The van der Waals surface area contributed by atoms with Gasteiger partial charge in [0, 0.05) is 18.3 Å². The van der Waals surface area contributed by atoms with Gasteiger partial charge in [-0.25, -0.2) is 0 Å². The number of carbonyl (C=O) groups excluding carboxylic acids is 2. The minimum absolute atomic E-state index is 0.108. The van der Waals surface area contributed by atoms with Crippen LogP contribution in [-0.2, 0) is 16.0 Å². The van der Waals surface area contributed by atoms with E-state index in [-0.39, 0.29) is 18.4 Å². The maximum atomic E-state index is 12.2. The summed E-state index contributed by atoms with van der Waals surface area (Å²) in [5.74, 6) is -0.551. The Balaban J connectivity index is 2.10. The highest BCUT2D eigenvalue weighted by molar-refractivity contribution is 6.42. The number of aryl methyl sites for hydroxylation is 1. The lowest BCUT2D eigenvalue weighted by Gasteiger charge is -2.21. The molecule has 0 aliphatic rings. The average molecular weight is 365 g/mol. The number of hydrogen-bond donors (Lipinski definition) is 1. The van der Waals surface area contributed by atoms with Gasteiger partial charge in [0.05, 0.1) is 10.0 Å². The van der Waals surface area contributed by atoms with Crippen LogP contribution < -0.4 is 10.2 Å². The Morgan fingerprint density at radius 3 is 2.25 bits per heavy atom. The molecule has 24 heavy (non-hydrogen) atoms. The van der Waals surface area contributed by atoms with E-state index in [0.717, 1.165) is 6.42 Å². The summed E-state index contributed by atoms with van der Waals surface area (Å²) in [6.45, 7) is 3.35. The zero-order chi connectivity index (χ0) is 17.7. The van der Waals surface area contributed by atoms with Gasteiger partial charge in [0.15, 0.2) is 0 Å². The maximum Gasteiger partial charge on any atom is 0.244 e. The number of carbonyl (C=O) groups is 2. The average Bonchev–Trinajstić information content (AvgIpc) is 2.56. The van der Waals surface area contributed by atoms with E-state index in [2.05, 4.69) is 12.2 Å². The zero-order valence-corrected chi connectivity index (χ0v) is 15.0. The van der Waals surface area contributed by atoms with Crippen LogP contribution in [0.3, 0.4) is 0 Å². The molecule has 0 fully saturated rings. The maximum absolute atomic E-state index is 12.2. The summed E-state index contributed by atoms with van der Waals surface area (Å²) in [5, 5.41) is 3.51. The summed E-state index contributed by atoms with van der Waals surface area (Å²) in [6, 6.07) is 12.4. The molecule has 0 aromatic heterocycles. The molecule has 0 unspecified atom stereocenters. The van der Waals surface area contributed by atoms with Crippen molar-refractivity contribution in [3.8, 4) is 0 Å². The van der Waals surface area contributed by atoms with Crippen LogP contribution >= 0.6 is 23.2 Å². The highest BCUT2D eigenvalue weighted by Gasteiger charge is 2.17. The summed E-state index contributed by atoms with van der Waals surface area (Å²) in [5.41, 5.74) is 2.40. The summed E-state index contributed by atoms with van der Waals surface area (Å²) >= 11 is 11.9. The lowest BCUT2D eigenvalue weighted by molar-refractivity contribution is -0.120. The van der Waals surface area contributed by atoms with E-state index in [1.807, 2.05) is 24.3 Å². The van der Waals surface area contributed by atoms with Gasteiger partial charge in [-0.05, 0) is 42.3 Å². The van der Waals surface area contributed by atoms with E-state index >= 15 is 0 Å². The lowest BCUT2D eigenvalue weighted by Crippen LogP contribution is -2.36. The van der Waals surface area contributed by atoms with Crippen molar-refractivity contribution in [1.29, 1.82) is 0 Å². The van der Waals surface area contributed by atoms with Gasteiger partial charge in [-0.2, -0.15) is 0 Å². The number of amides is 2. The van der Waals surface area contributed by atoms with Crippen molar-refractivity contribution < 1.29 is 9.59 Å². The second kappa shape index (κ2) is 8.18. The van der Waals surface area contributed by atoms with Gasteiger partial charge in [-0.1, -0.05) is 42.3 Å². The van der Waals surface area contributed by atoms with Gasteiger partial charge in [0.2, 0.25) is 11.8 Å². The number of nitrogens with zero attached hydrogens (tertiary/aromatic N) is 1. The highest BCUT2D eigenvalue weighted by Crippen LogP contribution is 2.27. The molecule has 0 aliphatic carbocycles. The van der Waals surface area contributed by atoms with Crippen LogP contribution in [0.1, 0.15) is 19.4 Å². The first-order chi connectivity index (χ1) is 11.4. The quantitative estimate of drug-likeness (QED) is 0.845. The molecule has 0 bridgehead atoms. The first-order valence-corrected chi connectivity index (χ1v) is 8.28. The van der Waals surface area contributed by atoms with Crippen molar-refractivity contribution in [1.82, 2.24) is 0 Å². The Morgan fingerprint density at radius 2 is 1.71 bits per heavy atom. The minimum atomic E-state index is -0.291. The molecule has 0 aliphatic heterocycles. The fraction of sp³-hybridized carbons (Fsp3) is 0.222.